The topological polar surface area (TPSA) is 73.7 Å². The molecule has 0 bridgehead atoms. The van der Waals surface area contributed by atoms with E-state index in [2.05, 4.69) is 26.2 Å². The summed E-state index contributed by atoms with van der Waals surface area (Å²) in [6.45, 7) is 3.06. The van der Waals surface area contributed by atoms with Crippen LogP contribution in [0.2, 0.25) is 5.02 Å². The molecule has 28 heavy (non-hydrogen) atoms. The fourth-order valence-corrected chi connectivity index (χ4v) is 3.45. The lowest BCUT2D eigenvalue weighted by molar-refractivity contribution is 0.388. The number of ether oxygens (including phenoxy) is 2. The van der Waals surface area contributed by atoms with E-state index in [1.807, 2.05) is 6.07 Å². The lowest BCUT2D eigenvalue weighted by atomic mass is 10.2. The van der Waals surface area contributed by atoms with E-state index in [1.54, 1.807) is 38.6 Å². The van der Waals surface area contributed by atoms with E-state index in [4.69, 9.17) is 38.6 Å². The van der Waals surface area contributed by atoms with Gasteiger partial charge in [-0.3, -0.25) is 0 Å². The van der Waals surface area contributed by atoms with Gasteiger partial charge in [0.15, 0.2) is 5.11 Å². The van der Waals surface area contributed by atoms with Gasteiger partial charge >= 0.3 is 0 Å². The molecular formula is C19H20ClN5O2S. The Morgan fingerprint density at radius 1 is 1.18 bits per heavy atom. The number of nitrogens with zero attached hydrogens (tertiary/aromatic N) is 4. The number of nitriles is 1. The number of pyridine rings is 1. The number of benzene rings is 1. The zero-order valence-electron chi connectivity index (χ0n) is 15.6. The molecule has 2 aromatic rings. The van der Waals surface area contributed by atoms with Crippen LogP contribution in [0.15, 0.2) is 30.5 Å². The average Bonchev–Trinajstić information content (AvgIpc) is 2.74. The van der Waals surface area contributed by atoms with Gasteiger partial charge in [0.05, 0.1) is 30.5 Å². The van der Waals surface area contributed by atoms with Crippen molar-refractivity contribution in [3.8, 4) is 17.6 Å². The number of hydrogen-bond acceptors (Lipinski definition) is 6. The largest absolute Gasteiger partial charge is 0.495 e. The molecule has 7 nitrogen and oxygen atoms in total. The molecule has 9 heteroatoms. The van der Waals surface area contributed by atoms with Crippen LogP contribution in [0.25, 0.3) is 0 Å². The van der Waals surface area contributed by atoms with E-state index >= 15 is 0 Å². The van der Waals surface area contributed by atoms with Gasteiger partial charge in [-0.2, -0.15) is 5.26 Å². The molecule has 0 amide bonds. The molecule has 1 fully saturated rings. The molecule has 1 aliphatic rings. The standard InChI is InChI=1S/C19H20ClN5O2S/c1-26-16-10-15(17(27-2)9-14(16)20)23-19(28)25-7-5-24(6-8-25)18-4-3-13(11-21)12-22-18/h3-4,9-10,12H,5-8H2,1-2H3,(H,23,28). The zero-order valence-corrected chi connectivity index (χ0v) is 17.2. The van der Waals surface area contributed by atoms with Gasteiger partial charge < -0.3 is 24.6 Å². The van der Waals surface area contributed by atoms with E-state index in [-0.39, 0.29) is 0 Å². The normalized spacial score (nSPS) is 13.6. The number of thiocarbonyl (C=S) groups is 1. The summed E-state index contributed by atoms with van der Waals surface area (Å²) in [5.41, 5.74) is 1.25. The summed E-state index contributed by atoms with van der Waals surface area (Å²) in [6, 6.07) is 9.19. The van der Waals surface area contributed by atoms with Crippen LogP contribution in [0.1, 0.15) is 5.56 Å². The summed E-state index contributed by atoms with van der Waals surface area (Å²) >= 11 is 11.7. The summed E-state index contributed by atoms with van der Waals surface area (Å²) in [5.74, 6) is 2.00. The molecule has 3 rings (SSSR count). The Balaban J connectivity index is 1.63. The molecule has 1 saturated heterocycles. The lowest BCUT2D eigenvalue weighted by Crippen LogP contribution is -2.50. The number of rotatable bonds is 4. The van der Waals surface area contributed by atoms with Gasteiger partial charge in [-0.05, 0) is 24.4 Å². The van der Waals surface area contributed by atoms with Crippen LogP contribution in [-0.2, 0) is 0 Å². The highest BCUT2D eigenvalue weighted by molar-refractivity contribution is 7.80. The molecule has 1 aromatic carbocycles. The van der Waals surface area contributed by atoms with Gasteiger partial charge in [0.2, 0.25) is 0 Å². The second-order valence-corrected chi connectivity index (χ2v) is 6.90. The first-order chi connectivity index (χ1) is 13.5. The number of hydrogen-bond donors (Lipinski definition) is 1. The highest BCUT2D eigenvalue weighted by Crippen LogP contribution is 2.36. The summed E-state index contributed by atoms with van der Waals surface area (Å²) in [6.07, 6.45) is 1.59. The molecule has 0 saturated carbocycles. The third kappa shape index (κ3) is 4.38. The van der Waals surface area contributed by atoms with Gasteiger partial charge in [0.25, 0.3) is 0 Å². The van der Waals surface area contributed by atoms with Crippen molar-refractivity contribution >= 4 is 40.4 Å². The van der Waals surface area contributed by atoms with Crippen molar-refractivity contribution in [2.24, 2.45) is 0 Å². The van der Waals surface area contributed by atoms with Gasteiger partial charge in [-0.25, -0.2) is 4.98 Å². The minimum atomic E-state index is 0.472. The van der Waals surface area contributed by atoms with Crippen molar-refractivity contribution < 1.29 is 9.47 Å². The Kier molecular flexibility index (Phi) is 6.39. The fourth-order valence-electron chi connectivity index (χ4n) is 2.93. The molecule has 0 radical (unpaired) electrons. The summed E-state index contributed by atoms with van der Waals surface area (Å²) < 4.78 is 10.7. The molecule has 2 heterocycles. The van der Waals surface area contributed by atoms with E-state index in [0.717, 1.165) is 32.0 Å². The Morgan fingerprint density at radius 2 is 1.89 bits per heavy atom. The van der Waals surface area contributed by atoms with Crippen LogP contribution in [0, 0.1) is 11.3 Å². The third-order valence-electron chi connectivity index (χ3n) is 4.48. The van der Waals surface area contributed by atoms with Crippen molar-refractivity contribution in [1.29, 1.82) is 5.26 Å². The Bertz CT molecular complexity index is 892. The van der Waals surface area contributed by atoms with Gasteiger partial charge in [0.1, 0.15) is 23.4 Å². The van der Waals surface area contributed by atoms with Crippen LogP contribution >= 0.6 is 23.8 Å². The number of halogens is 1. The second kappa shape index (κ2) is 8.95. The molecule has 1 aromatic heterocycles. The Morgan fingerprint density at radius 3 is 2.46 bits per heavy atom. The second-order valence-electron chi connectivity index (χ2n) is 6.11. The fraction of sp³-hybridized carbons (Fsp3) is 0.316. The average molecular weight is 418 g/mol. The lowest BCUT2D eigenvalue weighted by Gasteiger charge is -2.36. The van der Waals surface area contributed by atoms with Crippen LogP contribution in [0.3, 0.4) is 0 Å². The highest BCUT2D eigenvalue weighted by atomic mass is 35.5. The number of nitrogens with one attached hydrogen (secondary N) is 1. The van der Waals surface area contributed by atoms with Gasteiger partial charge in [-0.1, -0.05) is 11.6 Å². The maximum absolute atomic E-state index is 8.89. The molecule has 0 aliphatic carbocycles. The Labute approximate surface area is 174 Å². The van der Waals surface area contributed by atoms with E-state index in [0.29, 0.717) is 32.9 Å². The summed E-state index contributed by atoms with van der Waals surface area (Å²) in [7, 11) is 3.14. The van der Waals surface area contributed by atoms with Gasteiger partial charge in [-0.15, -0.1) is 0 Å². The van der Waals surface area contributed by atoms with Crippen molar-refractivity contribution in [2.45, 2.75) is 0 Å². The molecule has 1 N–H and O–H groups in total. The number of aromatic nitrogens is 1. The van der Waals surface area contributed by atoms with Crippen molar-refractivity contribution in [2.75, 3.05) is 50.6 Å². The minimum absolute atomic E-state index is 0.472. The summed E-state index contributed by atoms with van der Waals surface area (Å²) in [5, 5.41) is 13.2. The molecule has 1 aliphatic heterocycles. The Hall–Kier alpha value is -2.76. The molecular weight excluding hydrogens is 398 g/mol. The predicted molar refractivity (Wildman–Crippen MR) is 114 cm³/mol. The first-order valence-corrected chi connectivity index (χ1v) is 9.43. The van der Waals surface area contributed by atoms with Crippen molar-refractivity contribution in [1.82, 2.24) is 9.88 Å². The highest BCUT2D eigenvalue weighted by Gasteiger charge is 2.21. The maximum Gasteiger partial charge on any atom is 0.173 e. The van der Waals surface area contributed by atoms with Crippen LogP contribution < -0.4 is 19.7 Å². The van der Waals surface area contributed by atoms with Crippen molar-refractivity contribution in [3.63, 3.8) is 0 Å². The first kappa shape index (κ1) is 20.0. The molecule has 0 unspecified atom stereocenters. The van der Waals surface area contributed by atoms with E-state index < -0.39 is 0 Å². The number of methoxy groups -OCH3 is 2. The van der Waals surface area contributed by atoms with Crippen LogP contribution in [0.5, 0.6) is 11.5 Å². The zero-order chi connectivity index (χ0) is 20.1. The number of piperazine rings is 1. The molecule has 146 valence electrons. The van der Waals surface area contributed by atoms with E-state index in [1.165, 1.54) is 0 Å². The summed E-state index contributed by atoms with van der Waals surface area (Å²) in [4.78, 5) is 8.62. The van der Waals surface area contributed by atoms with Gasteiger partial charge in [0, 0.05) is 44.5 Å². The smallest absolute Gasteiger partial charge is 0.173 e. The minimum Gasteiger partial charge on any atom is -0.495 e. The van der Waals surface area contributed by atoms with E-state index in [9.17, 15) is 0 Å². The molecule has 0 atom stereocenters. The first-order valence-electron chi connectivity index (χ1n) is 8.64. The van der Waals surface area contributed by atoms with Crippen molar-refractivity contribution in [3.05, 3.63) is 41.0 Å². The van der Waals surface area contributed by atoms with Crippen LogP contribution in [0.4, 0.5) is 11.5 Å². The predicted octanol–water partition coefficient (Wildman–Crippen LogP) is 3.14. The monoisotopic (exact) mass is 417 g/mol. The third-order valence-corrected chi connectivity index (χ3v) is 5.14. The van der Waals surface area contributed by atoms with Crippen LogP contribution in [-0.4, -0.2) is 55.4 Å². The SMILES string of the molecule is COc1cc(NC(=S)N2CCN(c3ccc(C#N)cn3)CC2)c(OC)cc1Cl. The number of anilines is 2. The maximum atomic E-state index is 8.89. The quantitative estimate of drug-likeness (QED) is 0.760. The molecule has 0 spiro atoms.